The van der Waals surface area contributed by atoms with Crippen LogP contribution >= 0.6 is 0 Å². The maximum atomic E-state index is 12.4. The van der Waals surface area contributed by atoms with Crippen LogP contribution in [0.25, 0.3) is 11.4 Å². The zero-order valence-electron chi connectivity index (χ0n) is 18.4. The topological polar surface area (TPSA) is 89.7 Å². The summed E-state index contributed by atoms with van der Waals surface area (Å²) < 4.78 is 15.9. The van der Waals surface area contributed by atoms with Crippen LogP contribution < -0.4 is 14.8 Å². The SMILES string of the molecule is COc1ccc(-c2noc(CCC(=O)NCC3CCCN4CCCCC34)n2)cc1OC. The number of hydrogen-bond acceptors (Lipinski definition) is 7. The Kier molecular flexibility index (Phi) is 7.06. The number of ether oxygens (including phenoxy) is 2. The van der Waals surface area contributed by atoms with E-state index in [2.05, 4.69) is 20.4 Å². The molecule has 2 unspecified atom stereocenters. The molecule has 2 aliphatic rings. The molecule has 31 heavy (non-hydrogen) atoms. The van der Waals surface area contributed by atoms with E-state index in [1.807, 2.05) is 6.07 Å². The van der Waals surface area contributed by atoms with Gasteiger partial charge in [-0.2, -0.15) is 4.98 Å². The lowest BCUT2D eigenvalue weighted by atomic mass is 9.83. The molecule has 2 aromatic rings. The van der Waals surface area contributed by atoms with E-state index in [9.17, 15) is 4.79 Å². The molecule has 1 aromatic carbocycles. The van der Waals surface area contributed by atoms with Gasteiger partial charge in [-0.15, -0.1) is 0 Å². The van der Waals surface area contributed by atoms with Crippen LogP contribution in [0.5, 0.6) is 11.5 Å². The minimum Gasteiger partial charge on any atom is -0.493 e. The lowest BCUT2D eigenvalue weighted by Crippen LogP contribution is -2.51. The second kappa shape index (κ2) is 10.1. The maximum absolute atomic E-state index is 12.4. The van der Waals surface area contributed by atoms with Crippen molar-refractivity contribution in [1.82, 2.24) is 20.4 Å². The average Bonchev–Trinajstić information content (AvgIpc) is 3.30. The summed E-state index contributed by atoms with van der Waals surface area (Å²) in [5.74, 6) is 2.77. The zero-order valence-corrected chi connectivity index (χ0v) is 18.4. The number of aryl methyl sites for hydroxylation is 1. The van der Waals surface area contributed by atoms with Crippen molar-refractivity contribution in [2.24, 2.45) is 5.92 Å². The fourth-order valence-corrected chi connectivity index (χ4v) is 4.82. The summed E-state index contributed by atoms with van der Waals surface area (Å²) in [6.45, 7) is 3.20. The normalized spacial score (nSPS) is 21.4. The van der Waals surface area contributed by atoms with Crippen molar-refractivity contribution in [3.05, 3.63) is 24.1 Å². The molecule has 1 amide bonds. The smallest absolute Gasteiger partial charge is 0.227 e. The number of methoxy groups -OCH3 is 2. The minimum atomic E-state index is 0.0406. The van der Waals surface area contributed by atoms with Crippen LogP contribution in [0.2, 0.25) is 0 Å². The quantitative estimate of drug-likeness (QED) is 0.691. The molecule has 168 valence electrons. The Morgan fingerprint density at radius 1 is 1.16 bits per heavy atom. The van der Waals surface area contributed by atoms with E-state index in [1.54, 1.807) is 26.4 Å². The summed E-state index contributed by atoms with van der Waals surface area (Å²) in [7, 11) is 3.18. The molecular weight excluding hydrogens is 396 g/mol. The Balaban J connectivity index is 1.27. The number of fused-ring (bicyclic) bond motifs is 1. The molecule has 2 atom stereocenters. The number of hydrogen-bond donors (Lipinski definition) is 1. The lowest BCUT2D eigenvalue weighted by molar-refractivity contribution is -0.121. The highest BCUT2D eigenvalue weighted by atomic mass is 16.5. The Labute approximate surface area is 183 Å². The number of nitrogens with one attached hydrogen (secondary N) is 1. The van der Waals surface area contributed by atoms with E-state index in [0.717, 1.165) is 12.1 Å². The number of carbonyl (C=O) groups is 1. The van der Waals surface area contributed by atoms with Gasteiger partial charge in [0.2, 0.25) is 17.6 Å². The van der Waals surface area contributed by atoms with Crippen molar-refractivity contribution in [1.29, 1.82) is 0 Å². The van der Waals surface area contributed by atoms with Crippen molar-refractivity contribution >= 4 is 5.91 Å². The first-order valence-electron chi connectivity index (χ1n) is 11.2. The minimum absolute atomic E-state index is 0.0406. The van der Waals surface area contributed by atoms with Crippen LogP contribution in [0.15, 0.2) is 22.7 Å². The monoisotopic (exact) mass is 428 g/mol. The van der Waals surface area contributed by atoms with Crippen LogP contribution in [0.4, 0.5) is 0 Å². The molecule has 0 bridgehead atoms. The molecule has 2 saturated heterocycles. The van der Waals surface area contributed by atoms with E-state index in [4.69, 9.17) is 14.0 Å². The highest BCUT2D eigenvalue weighted by Crippen LogP contribution is 2.32. The molecule has 0 saturated carbocycles. The Morgan fingerprint density at radius 2 is 2.00 bits per heavy atom. The van der Waals surface area contributed by atoms with Gasteiger partial charge in [-0.05, 0) is 62.9 Å². The fraction of sp³-hybridized carbons (Fsp3) is 0.609. The van der Waals surface area contributed by atoms with E-state index >= 15 is 0 Å². The van der Waals surface area contributed by atoms with Crippen molar-refractivity contribution in [2.45, 2.75) is 51.0 Å². The summed E-state index contributed by atoms with van der Waals surface area (Å²) in [6.07, 6.45) is 7.09. The number of nitrogens with zero attached hydrogens (tertiary/aromatic N) is 3. The average molecular weight is 429 g/mol. The third-order valence-electron chi connectivity index (χ3n) is 6.47. The molecule has 1 N–H and O–H groups in total. The van der Waals surface area contributed by atoms with Crippen molar-refractivity contribution in [3.8, 4) is 22.9 Å². The Morgan fingerprint density at radius 3 is 2.84 bits per heavy atom. The predicted octanol–water partition coefficient (Wildman–Crippen LogP) is 3.07. The molecule has 0 aliphatic carbocycles. The van der Waals surface area contributed by atoms with Gasteiger partial charge in [-0.25, -0.2) is 0 Å². The van der Waals surface area contributed by atoms with Crippen LogP contribution in [0, 0.1) is 5.92 Å². The Hall–Kier alpha value is -2.61. The first-order chi connectivity index (χ1) is 15.2. The predicted molar refractivity (Wildman–Crippen MR) is 116 cm³/mol. The molecular formula is C23H32N4O4. The highest BCUT2D eigenvalue weighted by Gasteiger charge is 2.32. The second-order valence-corrected chi connectivity index (χ2v) is 8.39. The van der Waals surface area contributed by atoms with Gasteiger partial charge in [-0.1, -0.05) is 11.6 Å². The molecule has 2 aliphatic heterocycles. The maximum Gasteiger partial charge on any atom is 0.227 e. The first kappa shape index (κ1) is 21.6. The van der Waals surface area contributed by atoms with E-state index in [1.165, 1.54) is 45.2 Å². The molecule has 2 fully saturated rings. The molecule has 8 heteroatoms. The lowest BCUT2D eigenvalue weighted by Gasteiger charge is -2.44. The van der Waals surface area contributed by atoms with Crippen LogP contribution in [0.1, 0.15) is 44.4 Å². The molecule has 1 aromatic heterocycles. The van der Waals surface area contributed by atoms with E-state index in [-0.39, 0.29) is 5.91 Å². The summed E-state index contributed by atoms with van der Waals surface area (Å²) in [4.78, 5) is 19.5. The van der Waals surface area contributed by atoms with Gasteiger partial charge in [-0.3, -0.25) is 4.79 Å². The fourth-order valence-electron chi connectivity index (χ4n) is 4.82. The third-order valence-corrected chi connectivity index (χ3v) is 6.47. The molecule has 0 radical (unpaired) electrons. The number of aromatic nitrogens is 2. The number of carbonyl (C=O) groups excluding carboxylic acids is 1. The van der Waals surface area contributed by atoms with Crippen molar-refractivity contribution in [2.75, 3.05) is 33.9 Å². The Bertz CT molecular complexity index is 882. The van der Waals surface area contributed by atoms with Crippen molar-refractivity contribution in [3.63, 3.8) is 0 Å². The molecule has 8 nitrogen and oxygen atoms in total. The van der Waals surface area contributed by atoms with Gasteiger partial charge in [0, 0.05) is 31.0 Å². The number of benzene rings is 1. The van der Waals surface area contributed by atoms with Gasteiger partial charge in [0.25, 0.3) is 0 Å². The number of rotatable bonds is 8. The van der Waals surface area contributed by atoms with Crippen molar-refractivity contribution < 1.29 is 18.8 Å². The zero-order chi connectivity index (χ0) is 21.6. The summed E-state index contributed by atoms with van der Waals surface area (Å²) in [5.41, 5.74) is 0.770. The van der Waals surface area contributed by atoms with Crippen LogP contribution in [0.3, 0.4) is 0 Å². The summed E-state index contributed by atoms with van der Waals surface area (Å²) >= 11 is 0. The van der Waals surface area contributed by atoms with Gasteiger partial charge >= 0.3 is 0 Å². The number of piperidine rings is 2. The summed E-state index contributed by atoms with van der Waals surface area (Å²) in [5, 5.41) is 7.18. The van der Waals surface area contributed by atoms with Gasteiger partial charge < -0.3 is 24.2 Å². The van der Waals surface area contributed by atoms with Crippen LogP contribution in [-0.2, 0) is 11.2 Å². The molecule has 3 heterocycles. The molecule has 0 spiro atoms. The standard InChI is InChI=1S/C23H32N4O4/c1-29-19-9-8-16(14-20(19)30-2)23-25-22(31-26-23)11-10-21(28)24-15-17-6-5-13-27-12-4-3-7-18(17)27/h8-9,14,17-18H,3-7,10-13,15H2,1-2H3,(H,24,28). The first-order valence-corrected chi connectivity index (χ1v) is 11.2. The van der Waals surface area contributed by atoms with Gasteiger partial charge in [0.15, 0.2) is 11.5 Å². The largest absolute Gasteiger partial charge is 0.493 e. The molecule has 4 rings (SSSR count). The third kappa shape index (κ3) is 5.18. The summed E-state index contributed by atoms with van der Waals surface area (Å²) in [6, 6.07) is 6.10. The van der Waals surface area contributed by atoms with E-state index in [0.29, 0.717) is 48.0 Å². The van der Waals surface area contributed by atoms with E-state index < -0.39 is 0 Å². The van der Waals surface area contributed by atoms with Gasteiger partial charge in [0.1, 0.15) is 0 Å². The van der Waals surface area contributed by atoms with Gasteiger partial charge in [0.05, 0.1) is 14.2 Å². The number of amides is 1. The second-order valence-electron chi connectivity index (χ2n) is 8.39. The highest BCUT2D eigenvalue weighted by molar-refractivity contribution is 5.76. The van der Waals surface area contributed by atoms with Crippen LogP contribution in [-0.4, -0.2) is 60.8 Å².